The van der Waals surface area contributed by atoms with E-state index < -0.39 is 23.5 Å². The summed E-state index contributed by atoms with van der Waals surface area (Å²) in [5.41, 5.74) is 0. The molecule has 22 heavy (non-hydrogen) atoms. The van der Waals surface area contributed by atoms with E-state index >= 15 is 0 Å². The van der Waals surface area contributed by atoms with Gasteiger partial charge in [-0.1, -0.05) is 25.5 Å². The van der Waals surface area contributed by atoms with E-state index in [1.54, 1.807) is 12.1 Å². The average molecular weight is 352 g/mol. The summed E-state index contributed by atoms with van der Waals surface area (Å²) in [5.74, 6) is -0.265. The predicted octanol–water partition coefficient (Wildman–Crippen LogP) is 1.97. The lowest BCUT2D eigenvalue weighted by Gasteiger charge is -2.16. The van der Waals surface area contributed by atoms with Crippen molar-refractivity contribution in [3.8, 4) is 5.75 Å². The van der Waals surface area contributed by atoms with E-state index in [4.69, 9.17) is 13.8 Å². The fourth-order valence-electron chi connectivity index (χ4n) is 1.64. The van der Waals surface area contributed by atoms with E-state index in [1.165, 1.54) is 12.1 Å². The van der Waals surface area contributed by atoms with Crippen LogP contribution in [-0.2, 0) is 19.2 Å². The number of hydrogen-bond donors (Lipinski definition) is 2. The smallest absolute Gasteiger partial charge is 0.362 e. The first-order valence-electron chi connectivity index (χ1n) is 6.91. The van der Waals surface area contributed by atoms with Crippen molar-refractivity contribution < 1.29 is 31.7 Å². The molecule has 0 amide bonds. The molecule has 1 unspecified atom stereocenters. The minimum absolute atomic E-state index is 0.00817. The van der Waals surface area contributed by atoms with Gasteiger partial charge in [-0.25, -0.2) is 0 Å². The second-order valence-electron chi connectivity index (χ2n) is 4.66. The number of hydrogen-bond acceptors (Lipinski definition) is 5. The number of benzene rings is 1. The second-order valence-corrected chi connectivity index (χ2v) is 8.02. The van der Waals surface area contributed by atoms with E-state index in [-0.39, 0.29) is 30.7 Å². The Labute approximate surface area is 130 Å². The maximum Gasteiger partial charge on any atom is 0.362 e. The molecule has 0 aliphatic rings. The van der Waals surface area contributed by atoms with Crippen LogP contribution in [0.4, 0.5) is 0 Å². The van der Waals surface area contributed by atoms with Gasteiger partial charge in [-0.3, -0.25) is 9.12 Å². The Bertz CT molecular complexity index is 615. The van der Waals surface area contributed by atoms with Gasteiger partial charge in [-0.15, -0.1) is 0 Å². The first kappa shape index (κ1) is 19.1. The van der Waals surface area contributed by atoms with E-state index in [2.05, 4.69) is 0 Å². The molecular weight excluding hydrogens is 331 g/mol. The van der Waals surface area contributed by atoms with Gasteiger partial charge in [0.2, 0.25) is 0 Å². The van der Waals surface area contributed by atoms with Gasteiger partial charge >= 0.3 is 7.60 Å². The molecule has 1 aromatic rings. The van der Waals surface area contributed by atoms with Gasteiger partial charge < -0.3 is 14.2 Å². The third-order valence-electron chi connectivity index (χ3n) is 2.74. The standard InChI is InChI=1S/C13H21O7PS/c1-2-3-10-20-21(14,15)13-8-5-4-7-12(13)19-9-6-11-22(16,17)18/h4-5,7-8H,2-3,6,9-11H2,1H3,(H,14,15)(H,16,17,18). The van der Waals surface area contributed by atoms with Gasteiger partial charge in [0.15, 0.2) is 0 Å². The van der Waals surface area contributed by atoms with Crippen LogP contribution in [0.2, 0.25) is 0 Å². The molecule has 0 aromatic heterocycles. The van der Waals surface area contributed by atoms with Crippen molar-refractivity contribution in [1.29, 1.82) is 0 Å². The quantitative estimate of drug-likeness (QED) is 0.376. The maximum atomic E-state index is 12.2. The van der Waals surface area contributed by atoms with Crippen LogP contribution in [0.1, 0.15) is 26.2 Å². The third kappa shape index (κ3) is 6.89. The fraction of sp³-hybridized carbons (Fsp3) is 0.538. The Morgan fingerprint density at radius 1 is 1.18 bits per heavy atom. The van der Waals surface area contributed by atoms with E-state index in [9.17, 15) is 17.9 Å². The molecule has 0 fully saturated rings. The zero-order chi connectivity index (χ0) is 16.6. The average Bonchev–Trinajstić information content (AvgIpc) is 2.43. The number of ether oxygens (including phenoxy) is 1. The highest BCUT2D eigenvalue weighted by molar-refractivity contribution is 7.85. The fourth-order valence-corrected chi connectivity index (χ4v) is 3.33. The zero-order valence-electron chi connectivity index (χ0n) is 12.3. The number of para-hydroxylation sites is 1. The monoisotopic (exact) mass is 352 g/mol. The normalized spacial score (nSPS) is 14.5. The first-order chi connectivity index (χ1) is 10.3. The molecule has 0 aliphatic carbocycles. The number of unbranched alkanes of at least 4 members (excludes halogenated alkanes) is 1. The molecule has 7 nitrogen and oxygen atoms in total. The van der Waals surface area contributed by atoms with Gasteiger partial charge in [-0.2, -0.15) is 8.42 Å². The lowest BCUT2D eigenvalue weighted by Crippen LogP contribution is -2.14. The van der Waals surface area contributed by atoms with Gasteiger partial charge in [0.1, 0.15) is 11.1 Å². The highest BCUT2D eigenvalue weighted by Gasteiger charge is 2.26. The lowest BCUT2D eigenvalue weighted by molar-refractivity contribution is 0.262. The van der Waals surface area contributed by atoms with E-state index in [0.29, 0.717) is 6.42 Å². The minimum Gasteiger partial charge on any atom is -0.493 e. The Morgan fingerprint density at radius 3 is 2.50 bits per heavy atom. The molecule has 9 heteroatoms. The molecule has 0 aliphatic heterocycles. The van der Waals surface area contributed by atoms with Crippen molar-refractivity contribution in [2.24, 2.45) is 0 Å². The Hall–Kier alpha value is -0.920. The van der Waals surface area contributed by atoms with Crippen LogP contribution in [0.5, 0.6) is 5.75 Å². The molecule has 0 saturated heterocycles. The number of rotatable bonds is 10. The summed E-state index contributed by atoms with van der Waals surface area (Å²) in [5, 5.41) is 0.0398. The highest BCUT2D eigenvalue weighted by atomic mass is 32.2. The van der Waals surface area contributed by atoms with E-state index in [1.807, 2.05) is 6.92 Å². The van der Waals surface area contributed by atoms with Crippen LogP contribution in [0.25, 0.3) is 0 Å². The highest BCUT2D eigenvalue weighted by Crippen LogP contribution is 2.43. The lowest BCUT2D eigenvalue weighted by atomic mass is 10.3. The van der Waals surface area contributed by atoms with Crippen LogP contribution >= 0.6 is 7.60 Å². The Balaban J connectivity index is 2.70. The first-order valence-corrected chi connectivity index (χ1v) is 10.1. The topological polar surface area (TPSA) is 110 Å². The van der Waals surface area contributed by atoms with Crippen molar-refractivity contribution in [3.05, 3.63) is 24.3 Å². The van der Waals surface area contributed by atoms with Crippen molar-refractivity contribution in [1.82, 2.24) is 0 Å². The van der Waals surface area contributed by atoms with Crippen LogP contribution in [-0.4, -0.2) is 36.8 Å². The molecular formula is C13H21O7PS. The van der Waals surface area contributed by atoms with Crippen LogP contribution in [0.15, 0.2) is 24.3 Å². The summed E-state index contributed by atoms with van der Waals surface area (Å²) in [6, 6.07) is 6.17. The molecule has 2 N–H and O–H groups in total. The summed E-state index contributed by atoms with van der Waals surface area (Å²) in [4.78, 5) is 10.00. The summed E-state index contributed by atoms with van der Waals surface area (Å²) in [6.07, 6.45) is 1.58. The largest absolute Gasteiger partial charge is 0.493 e. The molecule has 1 rings (SSSR count). The van der Waals surface area contributed by atoms with Crippen molar-refractivity contribution in [3.63, 3.8) is 0 Å². The molecule has 0 bridgehead atoms. The SMILES string of the molecule is CCCCOP(=O)(O)c1ccccc1OCCCS(=O)(=O)O. The summed E-state index contributed by atoms with van der Waals surface area (Å²) < 4.78 is 52.5. The van der Waals surface area contributed by atoms with Crippen molar-refractivity contribution in [2.45, 2.75) is 26.2 Å². The predicted molar refractivity (Wildman–Crippen MR) is 83.3 cm³/mol. The molecule has 126 valence electrons. The van der Waals surface area contributed by atoms with Crippen LogP contribution in [0.3, 0.4) is 0 Å². The van der Waals surface area contributed by atoms with Gasteiger partial charge in [0.25, 0.3) is 10.1 Å². The Morgan fingerprint density at radius 2 is 1.86 bits per heavy atom. The maximum absolute atomic E-state index is 12.2. The molecule has 0 saturated carbocycles. The molecule has 0 spiro atoms. The molecule has 1 aromatic carbocycles. The Kier molecular flexibility index (Phi) is 7.52. The molecule has 0 radical (unpaired) electrons. The third-order valence-corrected chi connectivity index (χ3v) is 5.05. The molecule has 1 atom stereocenters. The van der Waals surface area contributed by atoms with Crippen molar-refractivity contribution in [2.75, 3.05) is 19.0 Å². The van der Waals surface area contributed by atoms with E-state index in [0.717, 1.165) is 6.42 Å². The minimum atomic E-state index is -4.04. The van der Waals surface area contributed by atoms with Gasteiger partial charge in [0, 0.05) is 0 Å². The summed E-state index contributed by atoms with van der Waals surface area (Å²) >= 11 is 0. The summed E-state index contributed by atoms with van der Waals surface area (Å²) in [7, 11) is -8.03. The molecule has 0 heterocycles. The zero-order valence-corrected chi connectivity index (χ0v) is 14.1. The van der Waals surface area contributed by atoms with Crippen molar-refractivity contribution >= 4 is 23.0 Å². The van der Waals surface area contributed by atoms with Crippen LogP contribution in [0, 0.1) is 0 Å². The van der Waals surface area contributed by atoms with Gasteiger partial charge in [0.05, 0.1) is 19.0 Å². The van der Waals surface area contributed by atoms with Crippen LogP contribution < -0.4 is 10.0 Å². The second kappa shape index (κ2) is 8.64. The summed E-state index contributed by atoms with van der Waals surface area (Å²) in [6.45, 7) is 2.10. The van der Waals surface area contributed by atoms with Gasteiger partial charge in [-0.05, 0) is 25.0 Å².